The van der Waals surface area contributed by atoms with Gasteiger partial charge in [0.1, 0.15) is 6.61 Å². The van der Waals surface area contributed by atoms with E-state index in [1.54, 1.807) is 18.2 Å². The van der Waals surface area contributed by atoms with Gasteiger partial charge in [0.15, 0.2) is 17.6 Å². The van der Waals surface area contributed by atoms with Gasteiger partial charge in [-0.25, -0.2) is 4.79 Å². The molecule has 0 aliphatic carbocycles. The van der Waals surface area contributed by atoms with Crippen molar-refractivity contribution in [2.75, 3.05) is 13.2 Å². The third-order valence-corrected chi connectivity index (χ3v) is 3.12. The Morgan fingerprint density at radius 2 is 1.95 bits per heavy atom. The first kappa shape index (κ1) is 16.1. The SMILES string of the molecule is CC(C)CNC(=O)[C@H](C)OC(=O)[C@H]1COc2ccccc2O1. The Hall–Kier alpha value is -2.24. The minimum Gasteiger partial charge on any atom is -0.485 e. The van der Waals surface area contributed by atoms with E-state index in [9.17, 15) is 9.59 Å². The van der Waals surface area contributed by atoms with E-state index in [1.165, 1.54) is 6.92 Å². The summed E-state index contributed by atoms with van der Waals surface area (Å²) in [5.74, 6) is 0.487. The number of hydrogen-bond acceptors (Lipinski definition) is 5. The zero-order chi connectivity index (χ0) is 16.1. The maximum Gasteiger partial charge on any atom is 0.351 e. The number of ether oxygens (including phenoxy) is 3. The van der Waals surface area contributed by atoms with Crippen LogP contribution in [0.3, 0.4) is 0 Å². The van der Waals surface area contributed by atoms with Gasteiger partial charge in [-0.15, -0.1) is 0 Å². The molecule has 0 aromatic heterocycles. The van der Waals surface area contributed by atoms with Crippen molar-refractivity contribution in [2.24, 2.45) is 5.92 Å². The van der Waals surface area contributed by atoms with Crippen LogP contribution in [0.5, 0.6) is 11.5 Å². The summed E-state index contributed by atoms with van der Waals surface area (Å²) in [6.45, 7) is 6.11. The Labute approximate surface area is 129 Å². The summed E-state index contributed by atoms with van der Waals surface area (Å²) in [6, 6.07) is 7.09. The van der Waals surface area contributed by atoms with E-state index in [2.05, 4.69) is 5.32 Å². The smallest absolute Gasteiger partial charge is 0.351 e. The Morgan fingerprint density at radius 1 is 1.27 bits per heavy atom. The average Bonchev–Trinajstić information content (AvgIpc) is 2.51. The molecular formula is C16H21NO5. The van der Waals surface area contributed by atoms with Gasteiger partial charge < -0.3 is 19.5 Å². The summed E-state index contributed by atoms with van der Waals surface area (Å²) in [6.07, 6.45) is -1.73. The van der Waals surface area contributed by atoms with Crippen LogP contribution in [0, 0.1) is 5.92 Å². The van der Waals surface area contributed by atoms with E-state index in [4.69, 9.17) is 14.2 Å². The third kappa shape index (κ3) is 4.13. The van der Waals surface area contributed by atoms with Crippen molar-refractivity contribution in [2.45, 2.75) is 33.0 Å². The molecule has 1 aliphatic heterocycles. The van der Waals surface area contributed by atoms with Crippen molar-refractivity contribution in [3.05, 3.63) is 24.3 Å². The molecule has 0 bridgehead atoms. The lowest BCUT2D eigenvalue weighted by molar-refractivity contribution is -0.163. The number of hydrogen-bond donors (Lipinski definition) is 1. The van der Waals surface area contributed by atoms with E-state index >= 15 is 0 Å². The summed E-state index contributed by atoms with van der Waals surface area (Å²) >= 11 is 0. The molecule has 1 aromatic rings. The predicted molar refractivity (Wildman–Crippen MR) is 79.8 cm³/mol. The fourth-order valence-electron chi connectivity index (χ4n) is 1.89. The van der Waals surface area contributed by atoms with Crippen LogP contribution in [0.4, 0.5) is 0 Å². The van der Waals surface area contributed by atoms with Gasteiger partial charge in [0.05, 0.1) is 0 Å². The summed E-state index contributed by atoms with van der Waals surface area (Å²) in [4.78, 5) is 23.9. The van der Waals surface area contributed by atoms with Crippen LogP contribution in [0.15, 0.2) is 24.3 Å². The molecule has 1 heterocycles. The van der Waals surface area contributed by atoms with Gasteiger partial charge in [-0.1, -0.05) is 26.0 Å². The van der Waals surface area contributed by atoms with Crippen molar-refractivity contribution in [3.63, 3.8) is 0 Å². The molecular weight excluding hydrogens is 286 g/mol. The number of benzene rings is 1. The Morgan fingerprint density at radius 3 is 2.64 bits per heavy atom. The largest absolute Gasteiger partial charge is 0.485 e. The number of esters is 1. The molecule has 0 saturated carbocycles. The second-order valence-corrected chi connectivity index (χ2v) is 5.58. The van der Waals surface area contributed by atoms with Crippen molar-refractivity contribution >= 4 is 11.9 Å². The van der Waals surface area contributed by atoms with E-state index in [1.807, 2.05) is 19.9 Å². The van der Waals surface area contributed by atoms with Gasteiger partial charge in [-0.3, -0.25) is 4.79 Å². The van der Waals surface area contributed by atoms with Gasteiger partial charge in [0.2, 0.25) is 6.10 Å². The van der Waals surface area contributed by atoms with Crippen molar-refractivity contribution in [1.29, 1.82) is 0 Å². The van der Waals surface area contributed by atoms with Gasteiger partial charge in [-0.2, -0.15) is 0 Å². The van der Waals surface area contributed by atoms with Gasteiger partial charge >= 0.3 is 5.97 Å². The molecule has 1 aromatic carbocycles. The van der Waals surface area contributed by atoms with Crippen molar-refractivity contribution in [3.8, 4) is 11.5 Å². The van der Waals surface area contributed by atoms with Crippen molar-refractivity contribution in [1.82, 2.24) is 5.32 Å². The highest BCUT2D eigenvalue weighted by molar-refractivity contribution is 5.84. The molecule has 1 amide bonds. The zero-order valence-corrected chi connectivity index (χ0v) is 13.0. The highest BCUT2D eigenvalue weighted by Gasteiger charge is 2.31. The maximum atomic E-state index is 12.1. The first-order chi connectivity index (χ1) is 10.5. The molecule has 0 fully saturated rings. The summed E-state index contributed by atoms with van der Waals surface area (Å²) in [5, 5.41) is 2.72. The molecule has 6 nitrogen and oxygen atoms in total. The average molecular weight is 307 g/mol. The highest BCUT2D eigenvalue weighted by atomic mass is 16.6. The molecule has 0 unspecified atom stereocenters. The maximum absolute atomic E-state index is 12.1. The minimum absolute atomic E-state index is 0.0657. The van der Waals surface area contributed by atoms with Crippen LogP contribution < -0.4 is 14.8 Å². The fourth-order valence-corrected chi connectivity index (χ4v) is 1.89. The quantitative estimate of drug-likeness (QED) is 0.835. The third-order valence-electron chi connectivity index (χ3n) is 3.12. The molecule has 0 spiro atoms. The predicted octanol–water partition coefficient (Wildman–Crippen LogP) is 1.53. The second-order valence-electron chi connectivity index (χ2n) is 5.58. The van der Waals surface area contributed by atoms with E-state index in [0.717, 1.165) is 0 Å². The number of nitrogens with one attached hydrogen (secondary N) is 1. The minimum atomic E-state index is -0.868. The van der Waals surface area contributed by atoms with Crippen LogP contribution in [0.1, 0.15) is 20.8 Å². The monoisotopic (exact) mass is 307 g/mol. The Balaban J connectivity index is 1.86. The van der Waals surface area contributed by atoms with Gasteiger partial charge in [0.25, 0.3) is 5.91 Å². The van der Waals surface area contributed by atoms with Crippen LogP contribution in [-0.4, -0.2) is 37.2 Å². The number of carbonyl (C=O) groups is 2. The summed E-state index contributed by atoms with van der Waals surface area (Å²) in [5.41, 5.74) is 0. The van der Waals surface area contributed by atoms with Crippen LogP contribution >= 0.6 is 0 Å². The molecule has 1 N–H and O–H groups in total. The van der Waals surface area contributed by atoms with E-state index < -0.39 is 18.2 Å². The van der Waals surface area contributed by atoms with Crippen LogP contribution in [0.2, 0.25) is 0 Å². The van der Waals surface area contributed by atoms with Crippen LogP contribution in [-0.2, 0) is 14.3 Å². The fraction of sp³-hybridized carbons (Fsp3) is 0.500. The van der Waals surface area contributed by atoms with Crippen molar-refractivity contribution < 1.29 is 23.8 Å². The van der Waals surface area contributed by atoms with Crippen LogP contribution in [0.25, 0.3) is 0 Å². The number of rotatable bonds is 5. The topological polar surface area (TPSA) is 73.9 Å². The summed E-state index contributed by atoms with van der Waals surface area (Å²) < 4.78 is 16.1. The van der Waals surface area contributed by atoms with E-state index in [-0.39, 0.29) is 12.5 Å². The number of fused-ring (bicyclic) bond motifs is 1. The van der Waals surface area contributed by atoms with Gasteiger partial charge in [-0.05, 0) is 25.0 Å². The normalized spacial score (nSPS) is 17.7. The standard InChI is InChI=1S/C16H21NO5/c1-10(2)8-17-15(18)11(3)21-16(19)14-9-20-12-6-4-5-7-13(12)22-14/h4-7,10-11,14H,8-9H2,1-3H3,(H,17,18)/t11-,14+/m0/s1. The highest BCUT2D eigenvalue weighted by Crippen LogP contribution is 2.31. The lowest BCUT2D eigenvalue weighted by Gasteiger charge is -2.26. The lowest BCUT2D eigenvalue weighted by atomic mass is 10.2. The zero-order valence-electron chi connectivity index (χ0n) is 13.0. The number of amides is 1. The molecule has 2 atom stereocenters. The molecule has 120 valence electrons. The first-order valence-electron chi connectivity index (χ1n) is 7.34. The Bertz CT molecular complexity index is 543. The van der Waals surface area contributed by atoms with E-state index in [0.29, 0.717) is 24.0 Å². The lowest BCUT2D eigenvalue weighted by Crippen LogP contribution is -2.43. The first-order valence-corrected chi connectivity index (χ1v) is 7.34. The molecule has 22 heavy (non-hydrogen) atoms. The molecule has 1 aliphatic rings. The molecule has 6 heteroatoms. The number of carbonyl (C=O) groups excluding carboxylic acids is 2. The van der Waals surface area contributed by atoms with Gasteiger partial charge in [0, 0.05) is 6.54 Å². The Kier molecular flexibility index (Phi) is 5.25. The molecule has 0 radical (unpaired) electrons. The summed E-state index contributed by atoms with van der Waals surface area (Å²) in [7, 11) is 0. The second kappa shape index (κ2) is 7.15. The molecule has 0 saturated heterocycles. The molecule has 2 rings (SSSR count). The number of para-hydroxylation sites is 2.